The average molecular weight is 347 g/mol. The van der Waals surface area contributed by atoms with Crippen LogP contribution in [0, 0.1) is 0 Å². The number of aryl methyl sites for hydroxylation is 1. The summed E-state index contributed by atoms with van der Waals surface area (Å²) >= 11 is 0. The van der Waals surface area contributed by atoms with E-state index in [2.05, 4.69) is 11.2 Å². The van der Waals surface area contributed by atoms with Crippen LogP contribution in [0.15, 0.2) is 36.4 Å². The maximum atomic E-state index is 12.2. The van der Waals surface area contributed by atoms with Crippen LogP contribution in [0.25, 0.3) is 16.9 Å². The fourth-order valence-electron chi connectivity index (χ4n) is 3.74. The minimum atomic E-state index is -0.0342. The van der Waals surface area contributed by atoms with E-state index < -0.39 is 0 Å². The molecule has 0 saturated heterocycles. The van der Waals surface area contributed by atoms with Crippen molar-refractivity contribution in [3.8, 4) is 28.4 Å². The lowest BCUT2D eigenvalue weighted by Crippen LogP contribution is -2.08. The van der Waals surface area contributed by atoms with E-state index in [9.17, 15) is 4.79 Å². The largest absolute Gasteiger partial charge is 0.454 e. The van der Waals surface area contributed by atoms with Gasteiger partial charge in [0.05, 0.1) is 11.4 Å². The Morgan fingerprint density at radius 1 is 1.12 bits per heavy atom. The second-order valence-corrected chi connectivity index (χ2v) is 6.60. The molecule has 3 aromatic rings. The van der Waals surface area contributed by atoms with Gasteiger partial charge in [-0.25, -0.2) is 4.68 Å². The van der Waals surface area contributed by atoms with E-state index >= 15 is 0 Å². The van der Waals surface area contributed by atoms with E-state index in [1.807, 2.05) is 35.0 Å². The molecule has 2 N–H and O–H groups in total. The molecule has 2 aromatic carbocycles. The molecule has 0 unspecified atom stereocenters. The first-order valence-corrected chi connectivity index (χ1v) is 8.53. The summed E-state index contributed by atoms with van der Waals surface area (Å²) < 4.78 is 12.7. The van der Waals surface area contributed by atoms with Gasteiger partial charge < -0.3 is 15.2 Å². The van der Waals surface area contributed by atoms with Gasteiger partial charge in [-0.15, -0.1) is 0 Å². The lowest BCUT2D eigenvalue weighted by Gasteiger charge is -2.19. The Balaban J connectivity index is 1.78. The summed E-state index contributed by atoms with van der Waals surface area (Å²) in [6.07, 6.45) is 1.65. The summed E-state index contributed by atoms with van der Waals surface area (Å²) in [4.78, 5) is 12.2. The molecule has 0 bridgehead atoms. The van der Waals surface area contributed by atoms with Crippen LogP contribution in [0.2, 0.25) is 0 Å². The number of nitrogens with two attached hydrogens (primary N) is 1. The zero-order valence-corrected chi connectivity index (χ0v) is 14.3. The fourth-order valence-corrected chi connectivity index (χ4v) is 3.74. The number of Topliss-reactive ketones (excluding diaryl/α,β-unsaturated/α-hetero) is 1. The van der Waals surface area contributed by atoms with Crippen LogP contribution in [0.3, 0.4) is 0 Å². The number of anilines is 1. The number of aromatic nitrogens is 2. The third-order valence-electron chi connectivity index (χ3n) is 4.95. The number of carbonyl (C=O) groups excluding carboxylic acids is 1. The molecule has 6 heteroatoms. The molecule has 5 rings (SSSR count). The molecule has 1 aliphatic heterocycles. The number of hydrogen-bond acceptors (Lipinski definition) is 5. The van der Waals surface area contributed by atoms with Gasteiger partial charge in [-0.05, 0) is 42.7 Å². The molecule has 0 spiro atoms. The van der Waals surface area contributed by atoms with Crippen molar-refractivity contribution in [1.29, 1.82) is 0 Å². The Hall–Kier alpha value is -3.28. The Kier molecular flexibility index (Phi) is 3.09. The number of nitrogens with zero attached hydrogens (tertiary/aromatic N) is 2. The Bertz CT molecular complexity index is 1070. The van der Waals surface area contributed by atoms with Crippen molar-refractivity contribution in [2.45, 2.75) is 19.8 Å². The highest BCUT2D eigenvalue weighted by atomic mass is 16.7. The SMILES string of the molecule is CC(=O)c1nn(-c2ccc3c(c2)OCO3)c2c1CCc1ccc(N)cc1-2. The van der Waals surface area contributed by atoms with E-state index in [-0.39, 0.29) is 12.6 Å². The van der Waals surface area contributed by atoms with Crippen LogP contribution in [-0.2, 0) is 12.8 Å². The summed E-state index contributed by atoms with van der Waals surface area (Å²) in [6, 6.07) is 11.6. The smallest absolute Gasteiger partial charge is 0.231 e. The third-order valence-corrected chi connectivity index (χ3v) is 4.95. The summed E-state index contributed by atoms with van der Waals surface area (Å²) in [6.45, 7) is 1.77. The molecule has 0 amide bonds. The van der Waals surface area contributed by atoms with E-state index in [4.69, 9.17) is 15.2 Å². The fraction of sp³-hybridized carbons (Fsp3) is 0.200. The number of carbonyl (C=O) groups is 1. The first-order chi connectivity index (χ1) is 12.6. The predicted octanol–water partition coefficient (Wildman–Crippen LogP) is 3.15. The summed E-state index contributed by atoms with van der Waals surface area (Å²) in [5.41, 5.74) is 12.2. The highest BCUT2D eigenvalue weighted by Crippen LogP contribution is 2.40. The Morgan fingerprint density at radius 3 is 2.81 bits per heavy atom. The zero-order valence-electron chi connectivity index (χ0n) is 14.3. The number of rotatable bonds is 2. The summed E-state index contributed by atoms with van der Waals surface area (Å²) in [7, 11) is 0. The van der Waals surface area contributed by atoms with Crippen LogP contribution in [0.4, 0.5) is 5.69 Å². The first kappa shape index (κ1) is 15.0. The van der Waals surface area contributed by atoms with E-state index in [1.54, 1.807) is 6.92 Å². The van der Waals surface area contributed by atoms with E-state index in [0.717, 1.165) is 35.3 Å². The van der Waals surface area contributed by atoms with Crippen LogP contribution in [0.5, 0.6) is 11.5 Å². The third kappa shape index (κ3) is 2.12. The quantitative estimate of drug-likeness (QED) is 0.569. The minimum absolute atomic E-state index is 0.0342. The molecule has 0 atom stereocenters. The van der Waals surface area contributed by atoms with Crippen molar-refractivity contribution in [3.63, 3.8) is 0 Å². The van der Waals surface area contributed by atoms with Crippen molar-refractivity contribution in [2.24, 2.45) is 0 Å². The van der Waals surface area contributed by atoms with Gasteiger partial charge in [0, 0.05) is 29.8 Å². The van der Waals surface area contributed by atoms with Crippen molar-refractivity contribution < 1.29 is 14.3 Å². The second-order valence-electron chi connectivity index (χ2n) is 6.60. The van der Waals surface area contributed by atoms with Crippen molar-refractivity contribution in [1.82, 2.24) is 9.78 Å². The molecule has 1 aromatic heterocycles. The van der Waals surface area contributed by atoms with Crippen molar-refractivity contribution in [3.05, 3.63) is 53.2 Å². The number of ether oxygens (including phenoxy) is 2. The lowest BCUT2D eigenvalue weighted by atomic mass is 9.88. The van der Waals surface area contributed by atoms with Gasteiger partial charge in [0.1, 0.15) is 5.69 Å². The van der Waals surface area contributed by atoms with Gasteiger partial charge in [-0.1, -0.05) is 6.07 Å². The number of ketones is 1. The van der Waals surface area contributed by atoms with Gasteiger partial charge >= 0.3 is 0 Å². The van der Waals surface area contributed by atoms with Gasteiger partial charge in [-0.3, -0.25) is 4.79 Å². The van der Waals surface area contributed by atoms with E-state index in [0.29, 0.717) is 22.9 Å². The number of nitrogen functional groups attached to an aromatic ring is 1. The predicted molar refractivity (Wildman–Crippen MR) is 96.9 cm³/mol. The topological polar surface area (TPSA) is 79.4 Å². The maximum absolute atomic E-state index is 12.2. The molecule has 1 aliphatic carbocycles. The molecule has 0 fully saturated rings. The van der Waals surface area contributed by atoms with Gasteiger partial charge in [0.25, 0.3) is 0 Å². The molecule has 0 radical (unpaired) electrons. The monoisotopic (exact) mass is 347 g/mol. The molecular formula is C20H17N3O3. The molecular weight excluding hydrogens is 330 g/mol. The Labute approximate surface area is 150 Å². The van der Waals surface area contributed by atoms with Crippen molar-refractivity contribution in [2.75, 3.05) is 12.5 Å². The molecule has 0 saturated carbocycles. The van der Waals surface area contributed by atoms with Crippen molar-refractivity contribution >= 4 is 11.5 Å². The molecule has 130 valence electrons. The standard InChI is InChI=1S/C20H17N3O3/c1-11(24)19-15-6-3-12-2-4-13(21)8-16(12)20(15)23(22-19)14-5-7-17-18(9-14)26-10-25-17/h2,4-5,7-9H,3,6,10,21H2,1H3. The van der Waals surface area contributed by atoms with Gasteiger partial charge in [0.2, 0.25) is 6.79 Å². The molecule has 2 heterocycles. The number of hydrogen-bond donors (Lipinski definition) is 1. The lowest BCUT2D eigenvalue weighted by molar-refractivity contribution is 0.101. The van der Waals surface area contributed by atoms with Crippen LogP contribution in [0.1, 0.15) is 28.5 Å². The van der Waals surface area contributed by atoms with Crippen LogP contribution in [-0.4, -0.2) is 22.4 Å². The van der Waals surface area contributed by atoms with Gasteiger partial charge in [0.15, 0.2) is 17.3 Å². The normalized spacial score (nSPS) is 14.0. The van der Waals surface area contributed by atoms with Gasteiger partial charge in [-0.2, -0.15) is 5.10 Å². The molecule has 2 aliphatic rings. The summed E-state index contributed by atoms with van der Waals surface area (Å²) in [5, 5.41) is 4.65. The minimum Gasteiger partial charge on any atom is -0.454 e. The highest BCUT2D eigenvalue weighted by Gasteiger charge is 2.28. The second kappa shape index (κ2) is 5.36. The number of fused-ring (bicyclic) bond motifs is 4. The first-order valence-electron chi connectivity index (χ1n) is 8.53. The Morgan fingerprint density at radius 2 is 1.96 bits per heavy atom. The van der Waals surface area contributed by atoms with E-state index in [1.165, 1.54) is 5.56 Å². The maximum Gasteiger partial charge on any atom is 0.231 e. The van der Waals surface area contributed by atoms with Crippen LogP contribution < -0.4 is 15.2 Å². The average Bonchev–Trinajstić information content (AvgIpc) is 3.25. The number of benzene rings is 2. The molecule has 6 nitrogen and oxygen atoms in total. The van der Waals surface area contributed by atoms with Crippen LogP contribution >= 0.6 is 0 Å². The highest BCUT2D eigenvalue weighted by molar-refractivity contribution is 5.96. The zero-order chi connectivity index (χ0) is 17.8. The molecule has 26 heavy (non-hydrogen) atoms. The summed E-state index contributed by atoms with van der Waals surface area (Å²) in [5.74, 6) is 1.36.